The van der Waals surface area contributed by atoms with Crippen LogP contribution in [0.15, 0.2) is 0 Å². The monoisotopic (exact) mass is 468 g/mol. The molecule has 186 valence electrons. The molecule has 17 nitrogen and oxygen atoms in total. The third-order valence-corrected chi connectivity index (χ3v) is 1.45. The number of epoxide rings is 1. The Morgan fingerprint density at radius 1 is 0.548 bits per heavy atom. The number of hydrogen-bond donors (Lipinski definition) is 4. The van der Waals surface area contributed by atoms with Crippen LogP contribution >= 0.6 is 0 Å². The highest BCUT2D eigenvalue weighted by Crippen LogP contribution is 1.92. The van der Waals surface area contributed by atoms with Gasteiger partial charge in [-0.1, -0.05) is 0 Å². The first-order chi connectivity index (χ1) is 13.9. The van der Waals surface area contributed by atoms with Gasteiger partial charge in [0.1, 0.15) is 26.4 Å². The molecule has 0 atom stereocenters. The smallest absolute Gasteiger partial charge is 0.431 e. The van der Waals surface area contributed by atoms with Crippen molar-refractivity contribution >= 4 is 24.6 Å². The molecule has 0 aromatic rings. The Labute approximate surface area is 175 Å². The van der Waals surface area contributed by atoms with E-state index in [0.717, 1.165) is 13.2 Å². The summed E-state index contributed by atoms with van der Waals surface area (Å²) in [5.41, 5.74) is 0. The molecule has 0 bridgehead atoms. The van der Waals surface area contributed by atoms with Gasteiger partial charge < -0.3 is 55.1 Å². The minimum Gasteiger partial charge on any atom is -0.431 e. The highest BCUT2D eigenvalue weighted by Gasteiger charge is 2.09. The summed E-state index contributed by atoms with van der Waals surface area (Å²) < 4.78 is 21.7. The summed E-state index contributed by atoms with van der Waals surface area (Å²) in [6.07, 6.45) is -0.593. The van der Waals surface area contributed by atoms with Crippen LogP contribution in [0.2, 0.25) is 0 Å². The average Bonchev–Trinajstić information content (AvgIpc) is 3.40. The molecule has 0 aromatic carbocycles. The van der Waals surface area contributed by atoms with E-state index < -0.39 is 12.3 Å². The Bertz CT molecular complexity index is 354. The number of aliphatic hydroxyl groups is 4. The van der Waals surface area contributed by atoms with E-state index in [9.17, 15) is 9.59 Å². The number of ether oxygens (including phenoxy) is 5. The fraction of sp³-hybridized carbons (Fsp3) is 0.714. The quantitative estimate of drug-likeness (QED) is 0.219. The van der Waals surface area contributed by atoms with E-state index in [1.807, 2.05) is 0 Å². The molecular weight excluding hydrogens is 440 g/mol. The number of hydrogen-bond acceptors (Lipinski definition) is 15. The first kappa shape index (κ1) is 42.2. The van der Waals surface area contributed by atoms with Gasteiger partial charge in [0.2, 0.25) is 0 Å². The van der Waals surface area contributed by atoms with Crippen LogP contribution in [0, 0.1) is 0 Å². The standard InChI is InChI=1S/2C3H4O3.2C2H6O2.C2H4O.2CO2.2H2O/c2*4-3-5-1-2-6-3;2*3-1-2-4;1-2-3-1;2*2-1-3;;/h2*1-2H2;2*3-4H,1-2H2;1-2H2;;;2*1H2. The van der Waals surface area contributed by atoms with E-state index in [-0.39, 0.29) is 49.7 Å². The maximum atomic E-state index is 9.80. The van der Waals surface area contributed by atoms with Gasteiger partial charge in [-0.2, -0.15) is 19.2 Å². The molecule has 3 saturated heterocycles. The Kier molecular flexibility index (Phi) is 62.1. The fourth-order valence-corrected chi connectivity index (χ4v) is 0.583. The first-order valence-electron chi connectivity index (χ1n) is 7.54. The summed E-state index contributed by atoms with van der Waals surface area (Å²) in [4.78, 5) is 52.1. The van der Waals surface area contributed by atoms with Crippen LogP contribution in [0.4, 0.5) is 9.59 Å². The first-order valence-corrected chi connectivity index (χ1v) is 7.54. The number of cyclic esters (lactones) is 4. The van der Waals surface area contributed by atoms with Gasteiger partial charge >= 0.3 is 24.6 Å². The molecule has 0 unspecified atom stereocenters. The second kappa shape index (κ2) is 45.6. The van der Waals surface area contributed by atoms with Gasteiger partial charge in [0.25, 0.3) is 0 Å². The number of carbonyl (C=O) groups is 2. The van der Waals surface area contributed by atoms with Gasteiger partial charge in [0, 0.05) is 0 Å². The zero-order valence-corrected chi connectivity index (χ0v) is 16.4. The number of rotatable bonds is 2. The van der Waals surface area contributed by atoms with Crippen LogP contribution in [-0.4, -0.2) is 122 Å². The maximum Gasteiger partial charge on any atom is 0.508 e. The van der Waals surface area contributed by atoms with Crippen molar-refractivity contribution in [2.24, 2.45) is 0 Å². The lowest BCUT2D eigenvalue weighted by molar-refractivity contribution is -0.193. The van der Waals surface area contributed by atoms with Crippen molar-refractivity contribution in [3.05, 3.63) is 0 Å². The molecule has 0 aliphatic carbocycles. The Morgan fingerprint density at radius 3 is 0.742 bits per heavy atom. The van der Waals surface area contributed by atoms with E-state index in [4.69, 9.17) is 39.6 Å². The van der Waals surface area contributed by atoms with Crippen molar-refractivity contribution in [1.82, 2.24) is 0 Å². The molecule has 0 spiro atoms. The van der Waals surface area contributed by atoms with Crippen LogP contribution in [0.25, 0.3) is 0 Å². The van der Waals surface area contributed by atoms with Crippen LogP contribution in [0.1, 0.15) is 0 Å². The molecule has 17 heteroatoms. The third kappa shape index (κ3) is 86.1. The Morgan fingerprint density at radius 2 is 0.710 bits per heavy atom. The van der Waals surface area contributed by atoms with E-state index in [0.29, 0.717) is 26.4 Å². The van der Waals surface area contributed by atoms with Gasteiger partial charge in [-0.25, -0.2) is 9.59 Å². The molecule has 0 amide bonds. The van der Waals surface area contributed by atoms with Crippen molar-refractivity contribution in [3.8, 4) is 0 Å². The number of carbonyl (C=O) groups excluding carboxylic acids is 6. The molecule has 3 fully saturated rings. The van der Waals surface area contributed by atoms with Crippen molar-refractivity contribution in [1.29, 1.82) is 0 Å². The lowest BCUT2D eigenvalue weighted by Crippen LogP contribution is -1.88. The molecule has 3 aliphatic rings. The maximum absolute atomic E-state index is 9.80. The van der Waals surface area contributed by atoms with E-state index in [1.165, 1.54) is 0 Å². The van der Waals surface area contributed by atoms with Gasteiger partial charge in [-0.3, -0.25) is 0 Å². The minimum atomic E-state index is -0.546. The highest BCUT2D eigenvalue weighted by molar-refractivity contribution is 5.61. The summed E-state index contributed by atoms with van der Waals surface area (Å²) in [6, 6.07) is 0. The van der Waals surface area contributed by atoms with Crippen LogP contribution in [0.3, 0.4) is 0 Å². The van der Waals surface area contributed by atoms with Crippen LogP contribution in [-0.2, 0) is 42.9 Å². The summed E-state index contributed by atoms with van der Waals surface area (Å²) in [6.45, 7) is 3.16. The van der Waals surface area contributed by atoms with Crippen molar-refractivity contribution in [3.63, 3.8) is 0 Å². The summed E-state index contributed by atoms with van der Waals surface area (Å²) in [7, 11) is 0. The predicted molar refractivity (Wildman–Crippen MR) is 91.0 cm³/mol. The summed E-state index contributed by atoms with van der Waals surface area (Å²) in [5, 5.41) is 30.5. The van der Waals surface area contributed by atoms with E-state index >= 15 is 0 Å². The van der Waals surface area contributed by atoms with Crippen LogP contribution < -0.4 is 0 Å². The highest BCUT2D eigenvalue weighted by atomic mass is 16.8. The molecule has 0 aromatic heterocycles. The lowest BCUT2D eigenvalue weighted by atomic mass is 10.8. The van der Waals surface area contributed by atoms with Crippen LogP contribution in [0.5, 0.6) is 0 Å². The van der Waals surface area contributed by atoms with Crippen molar-refractivity contribution in [2.75, 3.05) is 66.1 Å². The Hall–Kier alpha value is -2.98. The zero-order chi connectivity index (χ0) is 23.2. The van der Waals surface area contributed by atoms with Gasteiger partial charge in [0.15, 0.2) is 0 Å². The normalized spacial score (nSPS) is 12.4. The largest absolute Gasteiger partial charge is 0.508 e. The Balaban J connectivity index is -0.0000000595. The third-order valence-electron chi connectivity index (χ3n) is 1.45. The molecule has 3 heterocycles. The second-order valence-electron chi connectivity index (χ2n) is 3.57. The zero-order valence-electron chi connectivity index (χ0n) is 16.4. The molecule has 8 N–H and O–H groups in total. The minimum absolute atomic E-state index is 0. The number of aliphatic hydroxyl groups excluding tert-OH is 4. The van der Waals surface area contributed by atoms with Crippen molar-refractivity contribution in [2.45, 2.75) is 0 Å². The lowest BCUT2D eigenvalue weighted by Gasteiger charge is -1.78. The topological polar surface area (TPSA) is 296 Å². The molecule has 3 aliphatic heterocycles. The molecular formula is C14H28O17. The fourth-order valence-electron chi connectivity index (χ4n) is 0.583. The SMILES string of the molecule is C1CO1.O.O.O=C1OCCO1.O=C1OCCO1.O=C=O.O=C=O.OCCO.OCCO. The molecule has 31 heavy (non-hydrogen) atoms. The molecule has 0 radical (unpaired) electrons. The van der Waals surface area contributed by atoms with E-state index in [2.05, 4.69) is 23.7 Å². The van der Waals surface area contributed by atoms with Gasteiger partial charge in [-0.05, 0) is 0 Å². The molecule has 3 rings (SSSR count). The second-order valence-corrected chi connectivity index (χ2v) is 3.57. The van der Waals surface area contributed by atoms with Crippen molar-refractivity contribution < 1.29 is 83.8 Å². The van der Waals surface area contributed by atoms with Gasteiger partial charge in [0.05, 0.1) is 39.6 Å². The van der Waals surface area contributed by atoms with E-state index in [1.54, 1.807) is 0 Å². The summed E-state index contributed by atoms with van der Waals surface area (Å²) >= 11 is 0. The molecule has 0 saturated carbocycles. The average molecular weight is 468 g/mol. The summed E-state index contributed by atoms with van der Waals surface area (Å²) in [5.74, 6) is 0. The predicted octanol–water partition coefficient (Wildman–Crippen LogP) is -4.55. The van der Waals surface area contributed by atoms with Gasteiger partial charge in [-0.15, -0.1) is 0 Å².